The van der Waals surface area contributed by atoms with Crippen molar-refractivity contribution in [1.29, 1.82) is 0 Å². The highest BCUT2D eigenvalue weighted by atomic mass is 35.5. The monoisotopic (exact) mass is 321 g/mol. The van der Waals surface area contributed by atoms with Crippen molar-refractivity contribution in [3.8, 4) is 0 Å². The summed E-state index contributed by atoms with van der Waals surface area (Å²) in [5, 5.41) is 5.25. The first kappa shape index (κ1) is 15.5. The topological polar surface area (TPSA) is 44.7 Å². The van der Waals surface area contributed by atoms with Crippen molar-refractivity contribution >= 4 is 41.3 Å². The van der Waals surface area contributed by atoms with Crippen LogP contribution in [0, 0.1) is 6.92 Å². The van der Waals surface area contributed by atoms with Gasteiger partial charge in [0.25, 0.3) is 5.91 Å². The smallest absolute Gasteiger partial charge is 0.251 e. The minimum Gasteiger partial charge on any atom is -0.326 e. The SMILES string of the molecule is Cc1cccc(NC2=NCC(=O)N2Cc2cccs2)c1.Cl. The third-order valence-corrected chi connectivity index (χ3v) is 3.95. The number of anilines is 1. The van der Waals surface area contributed by atoms with Crippen molar-refractivity contribution in [3.05, 3.63) is 52.2 Å². The molecule has 6 heteroatoms. The standard InChI is InChI=1S/C15H15N3OS.ClH/c1-11-4-2-5-12(8-11)17-15-16-9-14(19)18(15)10-13-6-3-7-20-13;/h2-8H,9-10H2,1H3,(H,16,17);1H. The van der Waals surface area contributed by atoms with E-state index in [1.54, 1.807) is 16.2 Å². The Morgan fingerprint density at radius 3 is 2.90 bits per heavy atom. The lowest BCUT2D eigenvalue weighted by Gasteiger charge is -2.18. The number of nitrogens with zero attached hydrogens (tertiary/aromatic N) is 2. The van der Waals surface area contributed by atoms with E-state index in [-0.39, 0.29) is 24.9 Å². The van der Waals surface area contributed by atoms with Crippen molar-refractivity contribution in [3.63, 3.8) is 0 Å². The summed E-state index contributed by atoms with van der Waals surface area (Å²) in [6.07, 6.45) is 0. The Labute approximate surface area is 133 Å². The van der Waals surface area contributed by atoms with Crippen LogP contribution in [-0.2, 0) is 11.3 Å². The molecule has 2 aromatic rings. The molecule has 0 fully saturated rings. The molecule has 0 spiro atoms. The average molecular weight is 322 g/mol. The molecule has 1 aliphatic rings. The highest BCUT2D eigenvalue weighted by Gasteiger charge is 2.25. The first-order valence-corrected chi connectivity index (χ1v) is 7.31. The molecule has 1 aromatic carbocycles. The number of guanidine groups is 1. The fourth-order valence-electron chi connectivity index (χ4n) is 2.11. The molecule has 1 N–H and O–H groups in total. The summed E-state index contributed by atoms with van der Waals surface area (Å²) in [5.41, 5.74) is 2.12. The van der Waals surface area contributed by atoms with E-state index in [1.165, 1.54) is 5.56 Å². The van der Waals surface area contributed by atoms with Gasteiger partial charge >= 0.3 is 0 Å². The number of aliphatic imine (C=N–C) groups is 1. The van der Waals surface area contributed by atoms with Gasteiger partial charge in [-0.1, -0.05) is 18.2 Å². The van der Waals surface area contributed by atoms with E-state index in [0.717, 1.165) is 10.6 Å². The second kappa shape index (κ2) is 6.74. The Morgan fingerprint density at radius 1 is 1.33 bits per heavy atom. The lowest BCUT2D eigenvalue weighted by atomic mass is 10.2. The highest BCUT2D eigenvalue weighted by Crippen LogP contribution is 2.17. The normalized spacial score (nSPS) is 13.9. The molecule has 0 unspecified atom stereocenters. The number of benzene rings is 1. The summed E-state index contributed by atoms with van der Waals surface area (Å²) in [7, 11) is 0. The Hall–Kier alpha value is -1.85. The number of carbonyl (C=O) groups excluding carboxylic acids is 1. The van der Waals surface area contributed by atoms with Crippen LogP contribution in [0.25, 0.3) is 0 Å². The van der Waals surface area contributed by atoms with Crippen molar-refractivity contribution in [2.45, 2.75) is 13.5 Å². The van der Waals surface area contributed by atoms with Crippen LogP contribution in [0.4, 0.5) is 5.69 Å². The van der Waals surface area contributed by atoms with Crippen molar-refractivity contribution in [2.75, 3.05) is 11.9 Å². The van der Waals surface area contributed by atoms with E-state index < -0.39 is 0 Å². The predicted molar refractivity (Wildman–Crippen MR) is 89.2 cm³/mol. The number of hydrogen-bond donors (Lipinski definition) is 1. The van der Waals surface area contributed by atoms with E-state index in [1.807, 2.05) is 48.7 Å². The Morgan fingerprint density at radius 2 is 2.19 bits per heavy atom. The molecule has 0 aliphatic carbocycles. The molecule has 110 valence electrons. The Kier molecular flexibility index (Phi) is 4.98. The van der Waals surface area contributed by atoms with Gasteiger partial charge in [0.15, 0.2) is 0 Å². The van der Waals surface area contributed by atoms with Gasteiger partial charge in [0.1, 0.15) is 6.54 Å². The van der Waals surface area contributed by atoms with Crippen molar-refractivity contribution < 1.29 is 4.79 Å². The third-order valence-electron chi connectivity index (χ3n) is 3.09. The molecule has 0 saturated heterocycles. The molecule has 1 amide bonds. The van der Waals surface area contributed by atoms with E-state index in [2.05, 4.69) is 10.3 Å². The minimum atomic E-state index is 0. The summed E-state index contributed by atoms with van der Waals surface area (Å²) in [4.78, 5) is 19.1. The summed E-state index contributed by atoms with van der Waals surface area (Å²) in [6.45, 7) is 2.84. The summed E-state index contributed by atoms with van der Waals surface area (Å²) < 4.78 is 0. The lowest BCUT2D eigenvalue weighted by Crippen LogP contribution is -2.36. The van der Waals surface area contributed by atoms with Gasteiger partial charge in [-0.2, -0.15) is 0 Å². The first-order valence-electron chi connectivity index (χ1n) is 6.43. The van der Waals surface area contributed by atoms with Crippen molar-refractivity contribution in [2.24, 2.45) is 4.99 Å². The number of nitrogens with one attached hydrogen (secondary N) is 1. The quantitative estimate of drug-likeness (QED) is 0.942. The fourth-order valence-corrected chi connectivity index (χ4v) is 2.80. The maximum absolute atomic E-state index is 11.9. The van der Waals surface area contributed by atoms with E-state index in [4.69, 9.17) is 0 Å². The van der Waals surface area contributed by atoms with Crippen molar-refractivity contribution in [1.82, 2.24) is 4.90 Å². The average Bonchev–Trinajstić information content (AvgIpc) is 3.04. The molecule has 0 saturated carbocycles. The summed E-state index contributed by atoms with van der Waals surface area (Å²) in [6, 6.07) is 12.1. The molecule has 0 bridgehead atoms. The number of hydrogen-bond acceptors (Lipinski definition) is 4. The van der Waals surface area contributed by atoms with Gasteiger partial charge < -0.3 is 5.32 Å². The molecule has 0 radical (unpaired) electrons. The van der Waals surface area contributed by atoms with Crippen LogP contribution in [0.3, 0.4) is 0 Å². The number of thiophene rings is 1. The molecule has 1 aromatic heterocycles. The molecule has 4 nitrogen and oxygen atoms in total. The van der Waals surface area contributed by atoms with Gasteiger partial charge in [-0.15, -0.1) is 23.7 Å². The van der Waals surface area contributed by atoms with Crippen LogP contribution in [0.5, 0.6) is 0 Å². The number of halogens is 1. The van der Waals surface area contributed by atoms with E-state index in [0.29, 0.717) is 12.5 Å². The zero-order chi connectivity index (χ0) is 13.9. The largest absolute Gasteiger partial charge is 0.326 e. The summed E-state index contributed by atoms with van der Waals surface area (Å²) >= 11 is 1.65. The highest BCUT2D eigenvalue weighted by molar-refractivity contribution is 7.09. The van der Waals surface area contributed by atoms with Crippen LogP contribution in [0.1, 0.15) is 10.4 Å². The van der Waals surface area contributed by atoms with E-state index >= 15 is 0 Å². The minimum absolute atomic E-state index is 0. The van der Waals surface area contributed by atoms with Crippen LogP contribution >= 0.6 is 23.7 Å². The lowest BCUT2D eigenvalue weighted by molar-refractivity contribution is -0.125. The van der Waals surface area contributed by atoms with Gasteiger partial charge in [-0.05, 0) is 36.1 Å². The van der Waals surface area contributed by atoms with Gasteiger partial charge in [0.05, 0.1) is 6.54 Å². The van der Waals surface area contributed by atoms with Crippen LogP contribution in [0.2, 0.25) is 0 Å². The Balaban J connectivity index is 0.00000161. The van der Waals surface area contributed by atoms with Gasteiger partial charge in [-0.3, -0.25) is 9.69 Å². The molecular formula is C15H16ClN3OS. The molecular weight excluding hydrogens is 306 g/mol. The number of amides is 1. The molecule has 0 atom stereocenters. The van der Waals surface area contributed by atoms with Crippen LogP contribution < -0.4 is 5.32 Å². The third kappa shape index (κ3) is 3.62. The Bertz CT molecular complexity index is 655. The number of rotatable bonds is 3. The van der Waals surface area contributed by atoms with Gasteiger partial charge in [-0.25, -0.2) is 4.99 Å². The second-order valence-electron chi connectivity index (χ2n) is 4.69. The maximum Gasteiger partial charge on any atom is 0.251 e. The van der Waals surface area contributed by atoms with Crippen LogP contribution in [0.15, 0.2) is 46.8 Å². The second-order valence-corrected chi connectivity index (χ2v) is 5.73. The number of aryl methyl sites for hydroxylation is 1. The van der Waals surface area contributed by atoms with E-state index in [9.17, 15) is 4.79 Å². The number of carbonyl (C=O) groups is 1. The fraction of sp³-hybridized carbons (Fsp3) is 0.200. The molecule has 1 aliphatic heterocycles. The zero-order valence-electron chi connectivity index (χ0n) is 11.6. The van der Waals surface area contributed by atoms with Crippen LogP contribution in [-0.4, -0.2) is 23.3 Å². The zero-order valence-corrected chi connectivity index (χ0v) is 13.2. The molecule has 21 heavy (non-hydrogen) atoms. The predicted octanol–water partition coefficient (Wildman–Crippen LogP) is 3.29. The molecule has 3 rings (SSSR count). The summed E-state index contributed by atoms with van der Waals surface area (Å²) in [5.74, 6) is 0.669. The van der Waals surface area contributed by atoms with Gasteiger partial charge in [0, 0.05) is 10.6 Å². The van der Waals surface area contributed by atoms with Gasteiger partial charge in [0.2, 0.25) is 5.96 Å². The molecule has 2 heterocycles. The first-order chi connectivity index (χ1) is 9.72. The maximum atomic E-state index is 11.9.